The van der Waals surface area contributed by atoms with Crippen LogP contribution in [-0.4, -0.2) is 22.2 Å². The number of phenolic OH excluding ortho intramolecular Hbond substituents is 1. The van der Waals surface area contributed by atoms with Crippen LogP contribution in [0, 0.1) is 0 Å². The van der Waals surface area contributed by atoms with Crippen molar-refractivity contribution in [3.8, 4) is 23.1 Å². The molecule has 1 aliphatic rings. The average Bonchev–Trinajstić information content (AvgIpc) is 2.88. The molecule has 1 unspecified atom stereocenters. The molecule has 5 aromatic rings. The highest BCUT2D eigenvalue weighted by molar-refractivity contribution is 5.91. The number of aromatic hydroxyl groups is 1. The third-order valence-corrected chi connectivity index (χ3v) is 6.11. The summed E-state index contributed by atoms with van der Waals surface area (Å²) in [5.74, 6) is 2.64. The minimum Gasteiger partial charge on any atom is -0.508 e. The molecule has 2 heterocycles. The quantitative estimate of drug-likeness (QED) is 0.327. The smallest absolute Gasteiger partial charge is 0.228 e. The van der Waals surface area contributed by atoms with Gasteiger partial charge in [0.1, 0.15) is 29.4 Å². The van der Waals surface area contributed by atoms with E-state index in [1.54, 1.807) is 19.2 Å². The van der Waals surface area contributed by atoms with Gasteiger partial charge >= 0.3 is 0 Å². The van der Waals surface area contributed by atoms with Gasteiger partial charge in [0.05, 0.1) is 12.7 Å². The monoisotopic (exact) mass is 447 g/mol. The number of anilines is 2. The molecule has 1 aromatic heterocycles. The van der Waals surface area contributed by atoms with Crippen molar-refractivity contribution in [2.45, 2.75) is 5.92 Å². The fourth-order valence-corrected chi connectivity index (χ4v) is 4.54. The van der Waals surface area contributed by atoms with E-state index in [9.17, 15) is 5.11 Å². The molecule has 0 radical (unpaired) electrons. The molecule has 2 N–H and O–H groups in total. The molecule has 0 fully saturated rings. The molecule has 1 aliphatic heterocycles. The molecule has 6 nitrogen and oxygen atoms in total. The Bertz CT molecular complexity index is 1520. The largest absolute Gasteiger partial charge is 0.508 e. The Balaban J connectivity index is 1.55. The van der Waals surface area contributed by atoms with Gasteiger partial charge in [0.25, 0.3) is 0 Å². The first-order chi connectivity index (χ1) is 16.7. The predicted octanol–water partition coefficient (Wildman–Crippen LogP) is 6.37. The minimum absolute atomic E-state index is 0.203. The lowest BCUT2D eigenvalue weighted by Crippen LogP contribution is -2.16. The summed E-state index contributed by atoms with van der Waals surface area (Å²) in [6.45, 7) is 0. The van der Waals surface area contributed by atoms with Crippen LogP contribution >= 0.6 is 0 Å². The van der Waals surface area contributed by atoms with Crippen LogP contribution in [0.3, 0.4) is 0 Å². The average molecular weight is 447 g/mol. The Morgan fingerprint density at radius 3 is 2.59 bits per heavy atom. The lowest BCUT2D eigenvalue weighted by atomic mass is 9.82. The number of nitrogens with one attached hydrogen (secondary N) is 1. The van der Waals surface area contributed by atoms with E-state index in [-0.39, 0.29) is 11.7 Å². The van der Waals surface area contributed by atoms with Crippen molar-refractivity contribution in [2.24, 2.45) is 0 Å². The number of rotatable bonds is 4. The van der Waals surface area contributed by atoms with E-state index in [1.165, 1.54) is 6.33 Å². The summed E-state index contributed by atoms with van der Waals surface area (Å²) in [6, 6.07) is 27.3. The van der Waals surface area contributed by atoms with Gasteiger partial charge in [-0.05, 0) is 47.3 Å². The first kappa shape index (κ1) is 20.1. The molecule has 6 rings (SSSR count). The maximum Gasteiger partial charge on any atom is 0.228 e. The van der Waals surface area contributed by atoms with Gasteiger partial charge in [-0.25, -0.2) is 9.97 Å². The van der Waals surface area contributed by atoms with Gasteiger partial charge in [-0.15, -0.1) is 0 Å². The zero-order valence-electron chi connectivity index (χ0n) is 18.4. The van der Waals surface area contributed by atoms with Gasteiger partial charge < -0.3 is 19.9 Å². The Morgan fingerprint density at radius 1 is 0.912 bits per heavy atom. The van der Waals surface area contributed by atoms with Gasteiger partial charge in [0.15, 0.2) is 0 Å². The fourth-order valence-electron chi connectivity index (χ4n) is 4.54. The van der Waals surface area contributed by atoms with E-state index < -0.39 is 0 Å². The zero-order chi connectivity index (χ0) is 23.1. The van der Waals surface area contributed by atoms with Crippen molar-refractivity contribution in [3.05, 3.63) is 108 Å². The number of ether oxygens (including phenoxy) is 2. The number of methoxy groups -OCH3 is 1. The maximum atomic E-state index is 10.3. The first-order valence-corrected chi connectivity index (χ1v) is 11.0. The van der Waals surface area contributed by atoms with Crippen LogP contribution in [0.15, 0.2) is 91.3 Å². The number of benzene rings is 4. The van der Waals surface area contributed by atoms with Gasteiger partial charge in [-0.3, -0.25) is 0 Å². The standard InChI is InChI=1S/C28H21N3O3/c1-33-21-12-10-19(11-13-21)31-27-25-24(18-6-4-7-20(32)15-18)23-14-9-17-5-2-3-8-22(17)26(23)34-28(25)30-16-29-27/h2-16,24,32H,1H3,(H,29,30,31). The summed E-state index contributed by atoms with van der Waals surface area (Å²) >= 11 is 0. The Hall–Kier alpha value is -4.58. The van der Waals surface area contributed by atoms with E-state index in [2.05, 4.69) is 39.6 Å². The van der Waals surface area contributed by atoms with Crippen LogP contribution in [0.5, 0.6) is 23.1 Å². The Morgan fingerprint density at radius 2 is 1.76 bits per heavy atom. The Labute approximate surface area is 196 Å². The van der Waals surface area contributed by atoms with Crippen molar-refractivity contribution < 1.29 is 14.6 Å². The number of nitrogens with zero attached hydrogens (tertiary/aromatic N) is 2. The summed E-state index contributed by atoms with van der Waals surface area (Å²) < 4.78 is 11.7. The lowest BCUT2D eigenvalue weighted by Gasteiger charge is -2.30. The van der Waals surface area contributed by atoms with Gasteiger partial charge in [-0.1, -0.05) is 48.5 Å². The molecule has 34 heavy (non-hydrogen) atoms. The van der Waals surface area contributed by atoms with Gasteiger partial charge in [0.2, 0.25) is 5.88 Å². The molecule has 6 heteroatoms. The summed E-state index contributed by atoms with van der Waals surface area (Å²) in [4.78, 5) is 9.06. The molecular formula is C28H21N3O3. The van der Waals surface area contributed by atoms with Gasteiger partial charge in [0, 0.05) is 22.6 Å². The topological polar surface area (TPSA) is 76.5 Å². The van der Waals surface area contributed by atoms with Crippen LogP contribution in [0.2, 0.25) is 0 Å². The SMILES string of the molecule is COc1ccc(Nc2ncnc3c2C(c2cccc(O)c2)c2ccc4ccccc4c2O3)cc1. The molecule has 0 spiro atoms. The molecule has 0 bridgehead atoms. The third kappa shape index (κ3) is 3.36. The third-order valence-electron chi connectivity index (χ3n) is 6.11. The van der Waals surface area contributed by atoms with Crippen molar-refractivity contribution in [2.75, 3.05) is 12.4 Å². The molecule has 0 saturated heterocycles. The van der Waals surface area contributed by atoms with Crippen molar-refractivity contribution in [1.29, 1.82) is 0 Å². The van der Waals surface area contributed by atoms with Crippen molar-refractivity contribution in [3.63, 3.8) is 0 Å². The summed E-state index contributed by atoms with van der Waals surface area (Å²) in [7, 11) is 1.64. The number of aromatic nitrogens is 2. The first-order valence-electron chi connectivity index (χ1n) is 11.0. The summed E-state index contributed by atoms with van der Waals surface area (Å²) in [6.07, 6.45) is 1.50. The summed E-state index contributed by atoms with van der Waals surface area (Å²) in [5, 5.41) is 15.8. The van der Waals surface area contributed by atoms with Gasteiger partial charge in [-0.2, -0.15) is 0 Å². The minimum atomic E-state index is -0.239. The molecule has 4 aromatic carbocycles. The highest BCUT2D eigenvalue weighted by atomic mass is 16.5. The van der Waals surface area contributed by atoms with Crippen LogP contribution < -0.4 is 14.8 Å². The fraction of sp³-hybridized carbons (Fsp3) is 0.0714. The van der Waals surface area contributed by atoms with E-state index in [4.69, 9.17) is 9.47 Å². The normalized spacial score (nSPS) is 14.1. The maximum absolute atomic E-state index is 10.3. The van der Waals surface area contributed by atoms with E-state index in [0.717, 1.165) is 44.6 Å². The molecule has 0 saturated carbocycles. The number of hydrogen-bond donors (Lipinski definition) is 2. The number of hydrogen-bond acceptors (Lipinski definition) is 6. The second kappa shape index (κ2) is 8.08. The van der Waals surface area contributed by atoms with Crippen LogP contribution in [-0.2, 0) is 0 Å². The zero-order valence-corrected chi connectivity index (χ0v) is 18.4. The highest BCUT2D eigenvalue weighted by Gasteiger charge is 2.34. The highest BCUT2D eigenvalue weighted by Crippen LogP contribution is 2.51. The Kier molecular flexibility index (Phi) is 4.77. The van der Waals surface area contributed by atoms with E-state index >= 15 is 0 Å². The summed E-state index contributed by atoms with van der Waals surface area (Å²) in [5.41, 5.74) is 3.59. The van der Waals surface area contributed by atoms with Crippen molar-refractivity contribution >= 4 is 22.3 Å². The number of fused-ring (bicyclic) bond motifs is 4. The van der Waals surface area contributed by atoms with Crippen molar-refractivity contribution in [1.82, 2.24) is 9.97 Å². The van der Waals surface area contributed by atoms with Crippen LogP contribution in [0.1, 0.15) is 22.6 Å². The second-order valence-electron chi connectivity index (χ2n) is 8.13. The molecule has 0 amide bonds. The molecule has 166 valence electrons. The molecule has 0 aliphatic carbocycles. The molecular weight excluding hydrogens is 426 g/mol. The second-order valence-corrected chi connectivity index (χ2v) is 8.13. The number of phenols is 1. The lowest BCUT2D eigenvalue weighted by molar-refractivity contribution is 0.415. The molecule has 1 atom stereocenters. The van der Waals surface area contributed by atoms with E-state index in [1.807, 2.05) is 48.5 Å². The predicted molar refractivity (Wildman–Crippen MR) is 131 cm³/mol. The van der Waals surface area contributed by atoms with E-state index in [0.29, 0.717) is 11.7 Å². The van der Waals surface area contributed by atoms with Crippen LogP contribution in [0.25, 0.3) is 10.8 Å². The van der Waals surface area contributed by atoms with Crippen LogP contribution in [0.4, 0.5) is 11.5 Å².